The summed E-state index contributed by atoms with van der Waals surface area (Å²) in [7, 11) is 0. The molecule has 0 N–H and O–H groups in total. The highest BCUT2D eigenvalue weighted by molar-refractivity contribution is 5.98. The van der Waals surface area contributed by atoms with Gasteiger partial charge < -0.3 is 4.42 Å². The van der Waals surface area contributed by atoms with Gasteiger partial charge in [0, 0.05) is 5.92 Å². The largest absolute Gasteiger partial charge is 0.461 e. The molecule has 1 aromatic heterocycles. The zero-order valence-electron chi connectivity index (χ0n) is 8.80. The summed E-state index contributed by atoms with van der Waals surface area (Å²) in [5.41, 5.74) is 1.26. The summed E-state index contributed by atoms with van der Waals surface area (Å²) >= 11 is 0. The molecule has 0 spiro atoms. The third kappa shape index (κ3) is 1.56. The molecule has 80 valence electrons. The number of ketones is 1. The lowest BCUT2D eigenvalue weighted by Crippen LogP contribution is -2.01. The molecule has 1 heterocycles. The van der Waals surface area contributed by atoms with Crippen molar-refractivity contribution in [3.63, 3.8) is 0 Å². The Balaban J connectivity index is 1.75. The van der Waals surface area contributed by atoms with Crippen LogP contribution < -0.4 is 0 Å². The van der Waals surface area contributed by atoms with Crippen LogP contribution in [0.2, 0.25) is 0 Å². The maximum Gasteiger partial charge on any atom is 0.201 e. The molecule has 2 aromatic rings. The van der Waals surface area contributed by atoms with Crippen molar-refractivity contribution in [3.05, 3.63) is 60.1 Å². The van der Waals surface area contributed by atoms with Crippen molar-refractivity contribution in [1.29, 1.82) is 0 Å². The van der Waals surface area contributed by atoms with Gasteiger partial charge in [0.1, 0.15) is 0 Å². The van der Waals surface area contributed by atoms with E-state index in [-0.39, 0.29) is 11.7 Å². The summed E-state index contributed by atoms with van der Waals surface area (Å²) < 4.78 is 5.13. The summed E-state index contributed by atoms with van der Waals surface area (Å²) in [6, 6.07) is 13.7. The number of carbonyl (C=O) groups is 1. The highest BCUT2D eigenvalue weighted by Gasteiger charge is 2.44. The van der Waals surface area contributed by atoms with Gasteiger partial charge in [0.25, 0.3) is 0 Å². The average Bonchev–Trinajstić information content (AvgIpc) is 2.95. The number of hydrogen-bond acceptors (Lipinski definition) is 2. The van der Waals surface area contributed by atoms with Crippen LogP contribution in [0.3, 0.4) is 0 Å². The Bertz CT molecular complexity index is 485. The summed E-state index contributed by atoms with van der Waals surface area (Å²) in [6.07, 6.45) is 2.50. The molecule has 0 radical (unpaired) electrons. The number of benzene rings is 1. The highest BCUT2D eigenvalue weighted by Crippen LogP contribution is 2.49. The van der Waals surface area contributed by atoms with Gasteiger partial charge in [-0.1, -0.05) is 30.3 Å². The minimum Gasteiger partial charge on any atom is -0.461 e. The fraction of sp³-hybridized carbons (Fsp3) is 0.214. The first-order valence-electron chi connectivity index (χ1n) is 5.49. The van der Waals surface area contributed by atoms with E-state index in [0.717, 1.165) is 6.42 Å². The average molecular weight is 212 g/mol. The molecule has 0 aliphatic heterocycles. The third-order valence-corrected chi connectivity index (χ3v) is 3.12. The maximum atomic E-state index is 12.0. The smallest absolute Gasteiger partial charge is 0.201 e. The van der Waals surface area contributed by atoms with Crippen LogP contribution in [0.5, 0.6) is 0 Å². The van der Waals surface area contributed by atoms with Gasteiger partial charge in [0.2, 0.25) is 5.78 Å². The van der Waals surface area contributed by atoms with Gasteiger partial charge in [-0.3, -0.25) is 4.79 Å². The Labute approximate surface area is 93.9 Å². The van der Waals surface area contributed by atoms with E-state index in [1.54, 1.807) is 18.4 Å². The monoisotopic (exact) mass is 212 g/mol. The van der Waals surface area contributed by atoms with Crippen LogP contribution in [0.15, 0.2) is 53.1 Å². The second-order valence-electron chi connectivity index (χ2n) is 4.20. The number of Topliss-reactive ketones (excluding diaryl/α,β-unsaturated/α-hetero) is 1. The van der Waals surface area contributed by atoms with Crippen molar-refractivity contribution in [1.82, 2.24) is 0 Å². The van der Waals surface area contributed by atoms with Crippen molar-refractivity contribution >= 4 is 5.78 Å². The predicted octanol–water partition coefficient (Wildman–Crippen LogP) is 3.27. The van der Waals surface area contributed by atoms with E-state index in [1.165, 1.54) is 5.56 Å². The molecule has 16 heavy (non-hydrogen) atoms. The summed E-state index contributed by atoms with van der Waals surface area (Å²) in [5, 5.41) is 0. The molecule has 0 saturated heterocycles. The van der Waals surface area contributed by atoms with Gasteiger partial charge in [0.15, 0.2) is 5.76 Å². The van der Waals surface area contributed by atoms with Crippen molar-refractivity contribution in [3.8, 4) is 0 Å². The molecular formula is C14H12O2. The molecule has 1 aliphatic rings. The molecule has 0 amide bonds. The lowest BCUT2D eigenvalue weighted by Gasteiger charge is -1.98. The quantitative estimate of drug-likeness (QED) is 0.731. The van der Waals surface area contributed by atoms with Gasteiger partial charge >= 0.3 is 0 Å². The fourth-order valence-electron chi connectivity index (χ4n) is 2.15. The Morgan fingerprint density at radius 2 is 1.94 bits per heavy atom. The first-order valence-corrected chi connectivity index (χ1v) is 5.49. The minimum absolute atomic E-state index is 0.119. The normalized spacial score (nSPS) is 23.0. The van der Waals surface area contributed by atoms with E-state index in [2.05, 4.69) is 12.1 Å². The summed E-state index contributed by atoms with van der Waals surface area (Å²) in [6.45, 7) is 0. The van der Waals surface area contributed by atoms with Crippen LogP contribution in [0, 0.1) is 5.92 Å². The van der Waals surface area contributed by atoms with Crippen molar-refractivity contribution in [2.24, 2.45) is 5.92 Å². The highest BCUT2D eigenvalue weighted by atomic mass is 16.3. The van der Waals surface area contributed by atoms with Gasteiger partial charge in [0.05, 0.1) is 6.26 Å². The minimum atomic E-state index is 0.119. The third-order valence-electron chi connectivity index (χ3n) is 3.12. The molecule has 1 aliphatic carbocycles. The molecule has 1 fully saturated rings. The molecule has 1 saturated carbocycles. The van der Waals surface area contributed by atoms with E-state index >= 15 is 0 Å². The Kier molecular flexibility index (Phi) is 2.13. The summed E-state index contributed by atoms with van der Waals surface area (Å²) in [4.78, 5) is 12.0. The second-order valence-corrected chi connectivity index (χ2v) is 4.20. The SMILES string of the molecule is O=C(c1ccco1)C1CC1c1ccccc1. The maximum absolute atomic E-state index is 12.0. The lowest BCUT2D eigenvalue weighted by molar-refractivity contribution is 0.0938. The van der Waals surface area contributed by atoms with E-state index in [9.17, 15) is 4.79 Å². The first kappa shape index (κ1) is 9.40. The Hall–Kier alpha value is -1.83. The van der Waals surface area contributed by atoms with Gasteiger partial charge in [-0.05, 0) is 30.0 Å². The van der Waals surface area contributed by atoms with E-state index in [0.29, 0.717) is 11.7 Å². The van der Waals surface area contributed by atoms with Gasteiger partial charge in [-0.25, -0.2) is 0 Å². The fourth-order valence-corrected chi connectivity index (χ4v) is 2.15. The topological polar surface area (TPSA) is 30.2 Å². The zero-order valence-corrected chi connectivity index (χ0v) is 8.80. The molecule has 1 aromatic carbocycles. The predicted molar refractivity (Wildman–Crippen MR) is 60.3 cm³/mol. The van der Waals surface area contributed by atoms with Crippen LogP contribution in [-0.2, 0) is 0 Å². The van der Waals surface area contributed by atoms with Crippen molar-refractivity contribution < 1.29 is 9.21 Å². The number of carbonyl (C=O) groups excluding carboxylic acids is 1. The summed E-state index contributed by atoms with van der Waals surface area (Å²) in [5.74, 6) is 1.13. The molecule has 3 rings (SSSR count). The standard InChI is InChI=1S/C14H12O2/c15-14(13-7-4-8-16-13)12-9-11(12)10-5-2-1-3-6-10/h1-8,11-12H,9H2. The van der Waals surface area contributed by atoms with Crippen LogP contribution in [0.1, 0.15) is 28.5 Å². The molecule has 2 heteroatoms. The van der Waals surface area contributed by atoms with E-state index < -0.39 is 0 Å². The van der Waals surface area contributed by atoms with Crippen LogP contribution in [0.25, 0.3) is 0 Å². The number of hydrogen-bond donors (Lipinski definition) is 0. The molecular weight excluding hydrogens is 200 g/mol. The van der Waals surface area contributed by atoms with Crippen molar-refractivity contribution in [2.75, 3.05) is 0 Å². The zero-order chi connectivity index (χ0) is 11.0. The van der Waals surface area contributed by atoms with Crippen molar-refractivity contribution in [2.45, 2.75) is 12.3 Å². The van der Waals surface area contributed by atoms with Crippen LogP contribution >= 0.6 is 0 Å². The first-order chi connectivity index (χ1) is 7.86. The van der Waals surface area contributed by atoms with E-state index in [4.69, 9.17) is 4.42 Å². The molecule has 2 unspecified atom stereocenters. The number of furan rings is 1. The molecule has 2 atom stereocenters. The molecule has 2 nitrogen and oxygen atoms in total. The van der Waals surface area contributed by atoms with Crippen LogP contribution in [0.4, 0.5) is 0 Å². The van der Waals surface area contributed by atoms with Gasteiger partial charge in [-0.2, -0.15) is 0 Å². The lowest BCUT2D eigenvalue weighted by atomic mass is 10.1. The number of rotatable bonds is 3. The van der Waals surface area contributed by atoms with E-state index in [1.807, 2.05) is 18.2 Å². The van der Waals surface area contributed by atoms with Gasteiger partial charge in [-0.15, -0.1) is 0 Å². The Morgan fingerprint density at radius 1 is 1.12 bits per heavy atom. The van der Waals surface area contributed by atoms with Crippen LogP contribution in [-0.4, -0.2) is 5.78 Å². The second kappa shape index (κ2) is 3.63. The molecule has 0 bridgehead atoms. The Morgan fingerprint density at radius 3 is 2.62 bits per heavy atom.